The molecule has 3 aromatic rings. The fourth-order valence-corrected chi connectivity index (χ4v) is 3.43. The first kappa shape index (κ1) is 16.2. The summed E-state index contributed by atoms with van der Waals surface area (Å²) in [6, 6.07) is 4.13. The fraction of sp³-hybridized carbons (Fsp3) is 0.500. The van der Waals surface area contributed by atoms with Gasteiger partial charge in [-0.3, -0.25) is 0 Å². The van der Waals surface area contributed by atoms with Gasteiger partial charge in [-0.15, -0.1) is 0 Å². The Labute approximate surface area is 145 Å². The van der Waals surface area contributed by atoms with Crippen molar-refractivity contribution in [3.05, 3.63) is 29.7 Å². The minimum atomic E-state index is -0.391. The quantitative estimate of drug-likeness (QED) is 0.783. The summed E-state index contributed by atoms with van der Waals surface area (Å²) in [5.74, 6) is 1.44. The molecule has 0 atom stereocenters. The van der Waals surface area contributed by atoms with E-state index in [0.717, 1.165) is 24.2 Å². The van der Waals surface area contributed by atoms with Crippen LogP contribution < -0.4 is 0 Å². The van der Waals surface area contributed by atoms with Crippen LogP contribution in [0, 0.1) is 12.7 Å². The third-order valence-electron chi connectivity index (χ3n) is 5.24. The maximum absolute atomic E-state index is 14.4. The van der Waals surface area contributed by atoms with Crippen molar-refractivity contribution < 1.29 is 8.91 Å². The van der Waals surface area contributed by atoms with Gasteiger partial charge < -0.3 is 14.4 Å². The Morgan fingerprint density at radius 3 is 2.76 bits per heavy atom. The van der Waals surface area contributed by atoms with Crippen LogP contribution in [-0.2, 0) is 0 Å². The average molecular weight is 343 g/mol. The van der Waals surface area contributed by atoms with E-state index in [-0.39, 0.29) is 11.7 Å². The van der Waals surface area contributed by atoms with E-state index < -0.39 is 5.82 Å². The van der Waals surface area contributed by atoms with E-state index in [1.54, 1.807) is 6.07 Å². The molecule has 7 heteroatoms. The molecule has 0 amide bonds. The smallest absolute Gasteiger partial charge is 0.230 e. The van der Waals surface area contributed by atoms with Gasteiger partial charge in [0.05, 0.1) is 11.1 Å². The van der Waals surface area contributed by atoms with Gasteiger partial charge >= 0.3 is 0 Å². The van der Waals surface area contributed by atoms with Gasteiger partial charge in [-0.05, 0) is 52.8 Å². The topological polar surface area (TPSA) is 70.8 Å². The molecule has 1 aliphatic rings. The van der Waals surface area contributed by atoms with Crippen LogP contribution in [0.4, 0.5) is 4.39 Å². The van der Waals surface area contributed by atoms with Gasteiger partial charge in [0, 0.05) is 18.0 Å². The largest absolute Gasteiger partial charge is 0.342 e. The van der Waals surface area contributed by atoms with E-state index in [2.05, 4.69) is 45.9 Å². The number of aryl methyl sites for hydroxylation is 1. The lowest BCUT2D eigenvalue weighted by molar-refractivity contribution is 0.0948. The number of halogens is 1. The number of H-pyrrole nitrogens is 1. The van der Waals surface area contributed by atoms with E-state index in [1.165, 1.54) is 6.07 Å². The van der Waals surface area contributed by atoms with Crippen molar-refractivity contribution in [3.8, 4) is 11.4 Å². The molecular formula is C18H22FN5O. The highest BCUT2D eigenvalue weighted by Crippen LogP contribution is 2.40. The molecule has 0 bridgehead atoms. The second-order valence-corrected chi connectivity index (χ2v) is 7.18. The lowest BCUT2D eigenvalue weighted by Gasteiger charge is -2.41. The molecule has 4 rings (SSSR count). The number of nitrogens with one attached hydrogen (secondary N) is 1. The third kappa shape index (κ3) is 2.72. The zero-order valence-electron chi connectivity index (χ0n) is 14.9. The Kier molecular flexibility index (Phi) is 3.83. The molecule has 1 saturated carbocycles. The van der Waals surface area contributed by atoms with Gasteiger partial charge in [0.25, 0.3) is 0 Å². The molecule has 0 radical (unpaired) electrons. The first-order chi connectivity index (χ1) is 11.9. The Morgan fingerprint density at radius 2 is 2.04 bits per heavy atom. The highest BCUT2D eigenvalue weighted by atomic mass is 19.1. The molecule has 2 heterocycles. The van der Waals surface area contributed by atoms with Gasteiger partial charge in [-0.2, -0.15) is 4.98 Å². The van der Waals surface area contributed by atoms with Crippen LogP contribution in [0.15, 0.2) is 16.7 Å². The molecular weight excluding hydrogens is 321 g/mol. The number of nitrogens with zero attached hydrogens (tertiary/aromatic N) is 4. The number of rotatable bonds is 4. The first-order valence-corrected chi connectivity index (χ1v) is 8.64. The maximum atomic E-state index is 14.4. The summed E-state index contributed by atoms with van der Waals surface area (Å²) in [6.45, 7) is 6.21. The number of imidazole rings is 1. The maximum Gasteiger partial charge on any atom is 0.230 e. The van der Waals surface area contributed by atoms with Gasteiger partial charge in [0.1, 0.15) is 17.2 Å². The molecule has 0 aliphatic heterocycles. The van der Waals surface area contributed by atoms with E-state index in [1.807, 2.05) is 6.92 Å². The Bertz CT molecular complexity index is 909. The predicted octanol–water partition coefficient (Wildman–Crippen LogP) is 3.65. The molecule has 132 valence electrons. The van der Waals surface area contributed by atoms with E-state index in [9.17, 15) is 4.39 Å². The Balaban J connectivity index is 1.60. The van der Waals surface area contributed by atoms with Crippen LogP contribution in [0.25, 0.3) is 22.4 Å². The lowest BCUT2D eigenvalue weighted by atomic mass is 9.79. The summed E-state index contributed by atoms with van der Waals surface area (Å²) in [5, 5.41) is 4.02. The van der Waals surface area contributed by atoms with Crippen molar-refractivity contribution >= 4 is 11.0 Å². The number of aromatic nitrogens is 4. The summed E-state index contributed by atoms with van der Waals surface area (Å²) in [7, 11) is 2.14. The zero-order valence-corrected chi connectivity index (χ0v) is 14.9. The summed E-state index contributed by atoms with van der Waals surface area (Å²) in [4.78, 5) is 14.3. The van der Waals surface area contributed by atoms with Crippen molar-refractivity contribution in [2.45, 2.75) is 51.6 Å². The standard InChI is InChI=1S/C18H22FN5O/c1-9(2)24(4)12-7-11(8-12)18-22-17(23-25-18)15-13(19)5-6-14-16(15)21-10(3)20-14/h5-6,9,11-12H,7-8H2,1-4H3,(H,20,21). The lowest BCUT2D eigenvalue weighted by Crippen LogP contribution is -2.44. The number of hydrogen-bond acceptors (Lipinski definition) is 5. The highest BCUT2D eigenvalue weighted by molar-refractivity contribution is 5.90. The van der Waals surface area contributed by atoms with Crippen molar-refractivity contribution in [2.24, 2.45) is 0 Å². The third-order valence-corrected chi connectivity index (χ3v) is 5.24. The minimum Gasteiger partial charge on any atom is -0.342 e. The molecule has 0 spiro atoms. The van der Waals surface area contributed by atoms with Crippen molar-refractivity contribution in [2.75, 3.05) is 7.05 Å². The van der Waals surface area contributed by atoms with E-state index in [4.69, 9.17) is 4.52 Å². The Hall–Kier alpha value is -2.28. The molecule has 25 heavy (non-hydrogen) atoms. The van der Waals surface area contributed by atoms with Crippen LogP contribution in [0.2, 0.25) is 0 Å². The summed E-state index contributed by atoms with van der Waals surface area (Å²) in [5.41, 5.74) is 1.60. The van der Waals surface area contributed by atoms with Crippen molar-refractivity contribution in [1.29, 1.82) is 0 Å². The molecule has 6 nitrogen and oxygen atoms in total. The Morgan fingerprint density at radius 1 is 1.28 bits per heavy atom. The minimum absolute atomic E-state index is 0.246. The van der Waals surface area contributed by atoms with Crippen LogP contribution in [-0.4, -0.2) is 44.1 Å². The van der Waals surface area contributed by atoms with Gasteiger partial charge in [0.15, 0.2) is 0 Å². The molecule has 1 N–H and O–H groups in total. The first-order valence-electron chi connectivity index (χ1n) is 8.64. The summed E-state index contributed by atoms with van der Waals surface area (Å²) in [6.07, 6.45) is 1.98. The molecule has 0 saturated heterocycles. The molecule has 1 aliphatic carbocycles. The summed E-state index contributed by atoms with van der Waals surface area (Å²) >= 11 is 0. The van der Waals surface area contributed by atoms with Crippen molar-refractivity contribution in [3.63, 3.8) is 0 Å². The van der Waals surface area contributed by atoms with Crippen molar-refractivity contribution in [1.82, 2.24) is 25.0 Å². The average Bonchev–Trinajstić information content (AvgIpc) is 3.11. The van der Waals surface area contributed by atoms with Crippen LogP contribution in [0.3, 0.4) is 0 Å². The number of hydrogen-bond donors (Lipinski definition) is 1. The molecule has 0 unspecified atom stereocenters. The number of fused-ring (bicyclic) bond motifs is 1. The second-order valence-electron chi connectivity index (χ2n) is 7.18. The highest BCUT2D eigenvalue weighted by Gasteiger charge is 2.37. The molecule has 1 fully saturated rings. The van der Waals surface area contributed by atoms with Gasteiger partial charge in [-0.1, -0.05) is 5.16 Å². The predicted molar refractivity (Wildman–Crippen MR) is 92.7 cm³/mol. The van der Waals surface area contributed by atoms with Crippen LogP contribution in [0.1, 0.15) is 44.3 Å². The van der Waals surface area contributed by atoms with Gasteiger partial charge in [-0.25, -0.2) is 9.37 Å². The zero-order chi connectivity index (χ0) is 17.7. The second kappa shape index (κ2) is 5.91. The van der Waals surface area contributed by atoms with E-state index >= 15 is 0 Å². The molecule has 1 aromatic carbocycles. The molecule has 2 aromatic heterocycles. The van der Waals surface area contributed by atoms with E-state index in [0.29, 0.717) is 29.1 Å². The monoisotopic (exact) mass is 343 g/mol. The number of aromatic amines is 1. The normalized spacial score (nSPS) is 20.6. The summed E-state index contributed by atoms with van der Waals surface area (Å²) < 4.78 is 19.8. The number of benzene rings is 1. The van der Waals surface area contributed by atoms with Gasteiger partial charge in [0.2, 0.25) is 11.7 Å². The SMILES string of the molecule is Cc1nc2c(-c3noc(C4CC(N(C)C(C)C)C4)n3)c(F)ccc2[nH]1. The fourth-order valence-electron chi connectivity index (χ4n) is 3.43. The van der Waals surface area contributed by atoms with Crippen LogP contribution >= 0.6 is 0 Å². The van der Waals surface area contributed by atoms with Crippen LogP contribution in [0.5, 0.6) is 0 Å².